The molecule has 1 N–H and O–H groups in total. The molecule has 0 saturated heterocycles. The summed E-state index contributed by atoms with van der Waals surface area (Å²) in [5.74, 6) is 2.57. The Morgan fingerprint density at radius 2 is 1.86 bits per heavy atom. The maximum Gasteiger partial charge on any atom is 0.132 e. The lowest BCUT2D eigenvalue weighted by Crippen LogP contribution is -2.26. The van der Waals surface area contributed by atoms with Gasteiger partial charge in [-0.3, -0.25) is 0 Å². The average Bonchev–Trinajstić information content (AvgIpc) is 2.45. The van der Waals surface area contributed by atoms with Crippen LogP contribution in [-0.2, 0) is 12.8 Å². The van der Waals surface area contributed by atoms with Crippen LogP contribution in [0.1, 0.15) is 52.6 Å². The maximum absolute atomic E-state index is 4.74. The van der Waals surface area contributed by atoms with Gasteiger partial charge in [0.15, 0.2) is 0 Å². The van der Waals surface area contributed by atoms with Gasteiger partial charge in [-0.15, -0.1) is 0 Å². The van der Waals surface area contributed by atoms with Crippen molar-refractivity contribution in [1.29, 1.82) is 0 Å². The zero-order chi connectivity index (χ0) is 15.7. The Labute approximate surface area is 130 Å². The molecule has 0 aromatic carbocycles. The summed E-state index contributed by atoms with van der Waals surface area (Å²) in [6.45, 7) is 15.2. The van der Waals surface area contributed by atoms with Crippen LogP contribution in [0, 0.1) is 5.92 Å². The summed E-state index contributed by atoms with van der Waals surface area (Å²) in [6.07, 6.45) is 3.05. The zero-order valence-electron chi connectivity index (χ0n) is 14.4. The summed E-state index contributed by atoms with van der Waals surface area (Å²) < 4.78 is 0. The quantitative estimate of drug-likeness (QED) is 0.718. The van der Waals surface area contributed by atoms with E-state index >= 15 is 0 Å². The van der Waals surface area contributed by atoms with Gasteiger partial charge in [-0.1, -0.05) is 34.6 Å². The number of aromatic nitrogens is 2. The second-order valence-corrected chi connectivity index (χ2v) is 5.96. The number of anilines is 1. The largest absolute Gasteiger partial charge is 0.370 e. The van der Waals surface area contributed by atoms with Gasteiger partial charge in [0.2, 0.25) is 0 Å². The van der Waals surface area contributed by atoms with E-state index in [4.69, 9.17) is 4.98 Å². The van der Waals surface area contributed by atoms with Crippen LogP contribution in [0.2, 0.25) is 0 Å². The molecular formula is C17H32N4. The first-order valence-corrected chi connectivity index (χ1v) is 8.42. The van der Waals surface area contributed by atoms with Crippen molar-refractivity contribution < 1.29 is 0 Å². The third-order valence-electron chi connectivity index (χ3n) is 3.55. The highest BCUT2D eigenvalue weighted by Crippen LogP contribution is 2.12. The number of likely N-dealkylation sites (N-methyl/N-ethyl adjacent to an activating group) is 1. The molecule has 21 heavy (non-hydrogen) atoms. The SMILES string of the molecule is CCCNc1cc(CC(C)C)nc(CCN(CC)CC)n1. The molecule has 1 heterocycles. The molecule has 0 aliphatic heterocycles. The fraction of sp³-hybridized carbons (Fsp3) is 0.765. The third kappa shape index (κ3) is 6.89. The predicted molar refractivity (Wildman–Crippen MR) is 90.8 cm³/mol. The molecule has 0 amide bonds. The molecule has 120 valence electrons. The van der Waals surface area contributed by atoms with Crippen LogP contribution < -0.4 is 5.32 Å². The summed E-state index contributed by atoms with van der Waals surface area (Å²) in [5.41, 5.74) is 1.16. The summed E-state index contributed by atoms with van der Waals surface area (Å²) in [6, 6.07) is 2.11. The minimum Gasteiger partial charge on any atom is -0.370 e. The summed E-state index contributed by atoms with van der Waals surface area (Å²) >= 11 is 0. The molecule has 4 heteroatoms. The van der Waals surface area contributed by atoms with Gasteiger partial charge >= 0.3 is 0 Å². The fourth-order valence-electron chi connectivity index (χ4n) is 2.33. The molecule has 1 rings (SSSR count). The molecule has 0 aliphatic rings. The van der Waals surface area contributed by atoms with Crippen molar-refractivity contribution in [3.63, 3.8) is 0 Å². The lowest BCUT2D eigenvalue weighted by atomic mass is 10.1. The Bertz CT molecular complexity index is 400. The topological polar surface area (TPSA) is 41.1 Å². The molecule has 0 spiro atoms. The van der Waals surface area contributed by atoms with Crippen LogP contribution in [0.3, 0.4) is 0 Å². The molecule has 0 radical (unpaired) electrons. The molecule has 0 aliphatic carbocycles. The lowest BCUT2D eigenvalue weighted by molar-refractivity contribution is 0.305. The van der Waals surface area contributed by atoms with E-state index < -0.39 is 0 Å². The lowest BCUT2D eigenvalue weighted by Gasteiger charge is -2.18. The van der Waals surface area contributed by atoms with E-state index in [1.807, 2.05) is 0 Å². The summed E-state index contributed by atoms with van der Waals surface area (Å²) in [4.78, 5) is 11.8. The van der Waals surface area contributed by atoms with Gasteiger partial charge in [0.25, 0.3) is 0 Å². The molecule has 1 aromatic heterocycles. The Kier molecular flexibility index (Phi) is 8.28. The number of hydrogen-bond acceptors (Lipinski definition) is 4. The van der Waals surface area contributed by atoms with E-state index in [-0.39, 0.29) is 0 Å². The van der Waals surface area contributed by atoms with E-state index in [0.717, 1.165) is 62.8 Å². The van der Waals surface area contributed by atoms with Gasteiger partial charge in [0, 0.05) is 31.3 Å². The van der Waals surface area contributed by atoms with Gasteiger partial charge in [-0.25, -0.2) is 9.97 Å². The van der Waals surface area contributed by atoms with Crippen molar-refractivity contribution in [2.75, 3.05) is 31.5 Å². The second kappa shape index (κ2) is 9.72. The van der Waals surface area contributed by atoms with Crippen molar-refractivity contribution in [1.82, 2.24) is 14.9 Å². The van der Waals surface area contributed by atoms with Gasteiger partial charge < -0.3 is 10.2 Å². The molecule has 4 nitrogen and oxygen atoms in total. The van der Waals surface area contributed by atoms with Crippen molar-refractivity contribution in [3.8, 4) is 0 Å². The van der Waals surface area contributed by atoms with E-state index in [0.29, 0.717) is 5.92 Å². The van der Waals surface area contributed by atoms with Crippen molar-refractivity contribution in [2.24, 2.45) is 5.92 Å². The smallest absolute Gasteiger partial charge is 0.132 e. The monoisotopic (exact) mass is 292 g/mol. The van der Waals surface area contributed by atoms with Crippen LogP contribution >= 0.6 is 0 Å². The van der Waals surface area contributed by atoms with E-state index in [1.165, 1.54) is 0 Å². The van der Waals surface area contributed by atoms with Gasteiger partial charge in [-0.2, -0.15) is 0 Å². The normalized spacial score (nSPS) is 11.4. The number of nitrogens with zero attached hydrogens (tertiary/aromatic N) is 3. The summed E-state index contributed by atoms with van der Waals surface area (Å²) in [5, 5.41) is 3.40. The molecule has 0 unspecified atom stereocenters. The summed E-state index contributed by atoms with van der Waals surface area (Å²) in [7, 11) is 0. The van der Waals surface area contributed by atoms with Crippen molar-refractivity contribution in [2.45, 2.75) is 53.9 Å². The Morgan fingerprint density at radius 3 is 2.43 bits per heavy atom. The first kappa shape index (κ1) is 17.9. The highest BCUT2D eigenvalue weighted by atomic mass is 15.1. The molecule has 1 aromatic rings. The zero-order valence-corrected chi connectivity index (χ0v) is 14.4. The standard InChI is InChI=1S/C17H32N4/c1-6-10-18-17-13-15(12-14(4)5)19-16(20-17)9-11-21(7-2)8-3/h13-14H,6-12H2,1-5H3,(H,18,19,20). The molecular weight excluding hydrogens is 260 g/mol. The third-order valence-corrected chi connectivity index (χ3v) is 3.55. The Morgan fingerprint density at radius 1 is 1.14 bits per heavy atom. The number of hydrogen-bond donors (Lipinski definition) is 1. The highest BCUT2D eigenvalue weighted by molar-refractivity contribution is 5.36. The second-order valence-electron chi connectivity index (χ2n) is 5.96. The highest BCUT2D eigenvalue weighted by Gasteiger charge is 2.08. The van der Waals surface area contributed by atoms with Crippen LogP contribution in [0.5, 0.6) is 0 Å². The fourth-order valence-corrected chi connectivity index (χ4v) is 2.33. The molecule has 0 bridgehead atoms. The van der Waals surface area contributed by atoms with Crippen LogP contribution in [0.25, 0.3) is 0 Å². The first-order chi connectivity index (χ1) is 10.1. The molecule has 0 fully saturated rings. The Balaban J connectivity index is 2.79. The number of nitrogens with one attached hydrogen (secondary N) is 1. The average molecular weight is 292 g/mol. The van der Waals surface area contributed by atoms with E-state index in [2.05, 4.69) is 55.9 Å². The molecule has 0 atom stereocenters. The minimum absolute atomic E-state index is 0.620. The Hall–Kier alpha value is -1.16. The molecule has 0 saturated carbocycles. The predicted octanol–water partition coefficient (Wildman–Crippen LogP) is 3.38. The minimum atomic E-state index is 0.620. The van der Waals surface area contributed by atoms with Gasteiger partial charge in [-0.05, 0) is 31.8 Å². The van der Waals surface area contributed by atoms with Crippen LogP contribution in [0.4, 0.5) is 5.82 Å². The van der Waals surface area contributed by atoms with Crippen LogP contribution in [-0.4, -0.2) is 41.0 Å². The van der Waals surface area contributed by atoms with Crippen molar-refractivity contribution >= 4 is 5.82 Å². The van der Waals surface area contributed by atoms with Gasteiger partial charge in [0.05, 0.1) is 0 Å². The van der Waals surface area contributed by atoms with E-state index in [1.54, 1.807) is 0 Å². The van der Waals surface area contributed by atoms with E-state index in [9.17, 15) is 0 Å². The first-order valence-electron chi connectivity index (χ1n) is 8.42. The van der Waals surface area contributed by atoms with Gasteiger partial charge in [0.1, 0.15) is 11.6 Å². The number of rotatable bonds is 10. The van der Waals surface area contributed by atoms with Crippen molar-refractivity contribution in [3.05, 3.63) is 17.6 Å². The van der Waals surface area contributed by atoms with Crippen LogP contribution in [0.15, 0.2) is 6.07 Å². The maximum atomic E-state index is 4.74.